The lowest BCUT2D eigenvalue weighted by Crippen LogP contribution is -2.41. The van der Waals surface area contributed by atoms with Crippen molar-refractivity contribution in [2.24, 2.45) is 7.05 Å². The molecule has 0 amide bonds. The van der Waals surface area contributed by atoms with Gasteiger partial charge >= 0.3 is 12.8 Å². The van der Waals surface area contributed by atoms with Gasteiger partial charge in [0.05, 0.1) is 21.9 Å². The summed E-state index contributed by atoms with van der Waals surface area (Å²) in [6.07, 6.45) is 0. The van der Waals surface area contributed by atoms with E-state index in [4.69, 9.17) is 25.6 Å². The smallest absolute Gasteiger partial charge is 0.487 e. The van der Waals surface area contributed by atoms with Gasteiger partial charge in [-0.2, -0.15) is 9.36 Å². The number of tetrazole rings is 1. The molecule has 1 aliphatic heterocycles. The van der Waals surface area contributed by atoms with Gasteiger partial charge < -0.3 is 14.0 Å². The zero-order valence-electron chi connectivity index (χ0n) is 20.0. The van der Waals surface area contributed by atoms with Crippen LogP contribution in [-0.4, -0.2) is 38.1 Å². The first kappa shape index (κ1) is 23.5. The summed E-state index contributed by atoms with van der Waals surface area (Å²) >= 11 is 6.60. The Balaban J connectivity index is 1.61. The third kappa shape index (κ3) is 4.21. The lowest BCUT2D eigenvalue weighted by atomic mass is 9.76. The van der Waals surface area contributed by atoms with Crippen LogP contribution in [0.15, 0.2) is 35.1 Å². The van der Waals surface area contributed by atoms with Crippen molar-refractivity contribution in [1.29, 1.82) is 0 Å². The molecule has 1 fully saturated rings. The molecule has 174 valence electrons. The Morgan fingerprint density at radius 2 is 1.73 bits per heavy atom. The number of rotatable bonds is 5. The van der Waals surface area contributed by atoms with Gasteiger partial charge in [0.1, 0.15) is 12.4 Å². The number of hydrogen-bond acceptors (Lipinski definition) is 6. The fourth-order valence-electron chi connectivity index (χ4n) is 3.69. The summed E-state index contributed by atoms with van der Waals surface area (Å²) in [5, 5.41) is 8.22. The molecule has 2 aromatic carbocycles. The normalized spacial score (nSPS) is 16.9. The number of halogens is 1. The minimum absolute atomic E-state index is 0.208. The molecule has 2 heterocycles. The van der Waals surface area contributed by atoms with E-state index in [1.54, 1.807) is 7.05 Å². The fraction of sp³-hybridized carbons (Fsp3) is 0.435. The van der Waals surface area contributed by atoms with Crippen LogP contribution >= 0.6 is 11.6 Å². The average molecular weight is 471 g/mol. The van der Waals surface area contributed by atoms with Crippen LogP contribution in [0.1, 0.15) is 44.4 Å². The van der Waals surface area contributed by atoms with Crippen LogP contribution in [0.5, 0.6) is 5.75 Å². The van der Waals surface area contributed by atoms with Crippen LogP contribution < -0.4 is 15.9 Å². The Labute approximate surface area is 198 Å². The molecule has 4 rings (SSSR count). The molecule has 0 bridgehead atoms. The van der Waals surface area contributed by atoms with E-state index in [9.17, 15) is 4.79 Å². The number of ether oxygens (including phenoxy) is 1. The van der Waals surface area contributed by atoms with Crippen LogP contribution in [0, 0.1) is 13.8 Å². The first-order valence-corrected chi connectivity index (χ1v) is 11.2. The number of benzene rings is 2. The molecule has 1 saturated heterocycles. The molecule has 0 saturated carbocycles. The molecule has 10 heteroatoms. The maximum absolute atomic E-state index is 12.4. The van der Waals surface area contributed by atoms with Crippen molar-refractivity contribution in [3.8, 4) is 11.4 Å². The first-order chi connectivity index (χ1) is 15.4. The van der Waals surface area contributed by atoms with Crippen molar-refractivity contribution in [2.75, 3.05) is 0 Å². The highest BCUT2D eigenvalue weighted by Gasteiger charge is 2.52. The van der Waals surface area contributed by atoms with E-state index in [0.29, 0.717) is 16.5 Å². The Morgan fingerprint density at radius 1 is 1.06 bits per heavy atom. The molecule has 0 aliphatic carbocycles. The van der Waals surface area contributed by atoms with E-state index in [2.05, 4.69) is 10.4 Å². The summed E-state index contributed by atoms with van der Waals surface area (Å²) in [5.41, 5.74) is 3.01. The van der Waals surface area contributed by atoms with E-state index >= 15 is 0 Å². The predicted molar refractivity (Wildman–Crippen MR) is 128 cm³/mol. The highest BCUT2D eigenvalue weighted by molar-refractivity contribution is 6.63. The van der Waals surface area contributed by atoms with E-state index in [-0.39, 0.29) is 12.3 Å². The Kier molecular flexibility index (Phi) is 5.93. The molecule has 3 aromatic rings. The Bertz CT molecular complexity index is 1250. The zero-order valence-corrected chi connectivity index (χ0v) is 20.7. The quantitative estimate of drug-likeness (QED) is 0.533. The fourth-order valence-corrected chi connectivity index (χ4v) is 3.92. The largest absolute Gasteiger partial charge is 0.495 e. The van der Waals surface area contributed by atoms with E-state index < -0.39 is 18.3 Å². The maximum Gasteiger partial charge on any atom is 0.495 e. The van der Waals surface area contributed by atoms with Gasteiger partial charge in [0.15, 0.2) is 0 Å². The number of aryl methyl sites for hydroxylation is 3. The van der Waals surface area contributed by atoms with Crippen molar-refractivity contribution in [1.82, 2.24) is 19.8 Å². The van der Waals surface area contributed by atoms with Crippen LogP contribution in [0.25, 0.3) is 5.69 Å². The van der Waals surface area contributed by atoms with Gasteiger partial charge in [-0.1, -0.05) is 23.7 Å². The number of aromatic nitrogens is 4. The maximum atomic E-state index is 12.4. The first-order valence-electron chi connectivity index (χ1n) is 10.8. The molecule has 0 N–H and O–H groups in total. The summed E-state index contributed by atoms with van der Waals surface area (Å²) in [6.45, 7) is 12.2. The third-order valence-electron chi connectivity index (χ3n) is 6.54. The lowest BCUT2D eigenvalue weighted by Gasteiger charge is -2.32. The number of nitrogens with zero attached hydrogens (tertiary/aromatic N) is 4. The standard InChI is InChI=1S/C23H28BClN4O4/c1-14-9-8-10-19(29-21(30)28(7)26-27-29)16(14)13-31-20-11-15(2)17(12-18(20)25)24-32-22(3,4)23(5,6)33-24/h8-12H,13H2,1-7H3. The second kappa shape index (κ2) is 8.31. The van der Waals surface area contributed by atoms with Crippen LogP contribution in [-0.2, 0) is 23.0 Å². The van der Waals surface area contributed by atoms with Gasteiger partial charge in [0.2, 0.25) is 0 Å². The van der Waals surface area contributed by atoms with Gasteiger partial charge in [-0.15, -0.1) is 0 Å². The minimum atomic E-state index is -0.506. The van der Waals surface area contributed by atoms with Crippen molar-refractivity contribution in [3.05, 3.63) is 62.5 Å². The van der Waals surface area contributed by atoms with Crippen molar-refractivity contribution >= 4 is 24.2 Å². The van der Waals surface area contributed by atoms with Crippen LogP contribution in [0.4, 0.5) is 0 Å². The zero-order chi connectivity index (χ0) is 24.1. The van der Waals surface area contributed by atoms with Gasteiger partial charge in [-0.05, 0) is 86.8 Å². The van der Waals surface area contributed by atoms with Gasteiger partial charge in [0, 0.05) is 12.6 Å². The van der Waals surface area contributed by atoms with Crippen LogP contribution in [0.3, 0.4) is 0 Å². The van der Waals surface area contributed by atoms with E-state index in [1.165, 1.54) is 9.36 Å². The van der Waals surface area contributed by atoms with Gasteiger partial charge in [-0.3, -0.25) is 0 Å². The highest BCUT2D eigenvalue weighted by atomic mass is 35.5. The Hall–Kier alpha value is -2.62. The van der Waals surface area contributed by atoms with Crippen molar-refractivity contribution in [3.63, 3.8) is 0 Å². The molecule has 1 aromatic heterocycles. The molecule has 0 spiro atoms. The molecule has 1 aliphatic rings. The lowest BCUT2D eigenvalue weighted by molar-refractivity contribution is 0.00578. The second-order valence-corrected chi connectivity index (χ2v) is 9.79. The Morgan fingerprint density at radius 3 is 2.33 bits per heavy atom. The van der Waals surface area contributed by atoms with Crippen molar-refractivity contribution in [2.45, 2.75) is 59.4 Å². The summed E-state index contributed by atoms with van der Waals surface area (Å²) in [7, 11) is 1.05. The minimum Gasteiger partial charge on any atom is -0.487 e. The molecule has 33 heavy (non-hydrogen) atoms. The SMILES string of the molecule is Cc1cc(OCc2c(C)cccc2-n2nnn(C)c2=O)c(Cl)cc1B1OC(C)(C)C(C)(C)O1. The molecule has 0 atom stereocenters. The molecule has 0 radical (unpaired) electrons. The number of hydrogen-bond donors (Lipinski definition) is 0. The monoisotopic (exact) mass is 470 g/mol. The topological polar surface area (TPSA) is 80.4 Å². The summed E-state index contributed by atoms with van der Waals surface area (Å²) in [5.74, 6) is 0.537. The van der Waals surface area contributed by atoms with E-state index in [0.717, 1.165) is 22.2 Å². The van der Waals surface area contributed by atoms with E-state index in [1.807, 2.05) is 71.9 Å². The molecule has 8 nitrogen and oxygen atoms in total. The third-order valence-corrected chi connectivity index (χ3v) is 6.83. The molecule has 0 unspecified atom stereocenters. The van der Waals surface area contributed by atoms with Gasteiger partial charge in [0.25, 0.3) is 0 Å². The van der Waals surface area contributed by atoms with Gasteiger partial charge in [-0.25, -0.2) is 4.79 Å². The highest BCUT2D eigenvalue weighted by Crippen LogP contribution is 2.37. The second-order valence-electron chi connectivity index (χ2n) is 9.39. The average Bonchev–Trinajstić information content (AvgIpc) is 3.17. The van der Waals surface area contributed by atoms with Crippen molar-refractivity contribution < 1.29 is 14.0 Å². The summed E-state index contributed by atoms with van der Waals surface area (Å²) in [4.78, 5) is 12.4. The molecular weight excluding hydrogens is 443 g/mol. The predicted octanol–water partition coefficient (Wildman–Crippen LogP) is 3.11. The van der Waals surface area contributed by atoms with Crippen LogP contribution in [0.2, 0.25) is 5.02 Å². The summed E-state index contributed by atoms with van der Waals surface area (Å²) < 4.78 is 20.9. The molecular formula is C23H28BClN4O4. The summed E-state index contributed by atoms with van der Waals surface area (Å²) in [6, 6.07) is 9.36.